The first-order valence-electron chi connectivity index (χ1n) is 20.0. The van der Waals surface area contributed by atoms with E-state index < -0.39 is 49.8 Å². The first-order valence-corrected chi connectivity index (χ1v) is 22.8. The molecule has 0 saturated carbocycles. The number of amides is 1. The predicted molar refractivity (Wildman–Crippen MR) is 247 cm³/mol. The highest BCUT2D eigenvalue weighted by molar-refractivity contribution is 7.86. The molecule has 0 saturated heterocycles. The van der Waals surface area contributed by atoms with Gasteiger partial charge in [-0.15, -0.1) is 0 Å². The predicted octanol–water partition coefficient (Wildman–Crippen LogP) is 6.71. The third-order valence-electron chi connectivity index (χ3n) is 9.50. The summed E-state index contributed by atoms with van der Waals surface area (Å²) in [5, 5.41) is 3.50. The Labute approximate surface area is 381 Å². The van der Waals surface area contributed by atoms with Gasteiger partial charge in [-0.1, -0.05) is 53.6 Å². The average Bonchev–Trinajstić information content (AvgIpc) is 3.52. The first-order chi connectivity index (χ1) is 31.2. The minimum absolute atomic E-state index is 0.0666. The number of rotatable bonds is 12. The van der Waals surface area contributed by atoms with E-state index in [1.807, 2.05) is 38.1 Å². The van der Waals surface area contributed by atoms with E-state index in [0.29, 0.717) is 34.1 Å². The van der Waals surface area contributed by atoms with Crippen LogP contribution in [0.15, 0.2) is 142 Å². The van der Waals surface area contributed by atoms with Gasteiger partial charge in [0.1, 0.15) is 40.8 Å². The lowest BCUT2D eigenvalue weighted by Gasteiger charge is -2.19. The number of para-hydroxylation sites is 1. The van der Waals surface area contributed by atoms with Crippen molar-refractivity contribution in [3.05, 3.63) is 160 Å². The molecule has 3 aromatic heterocycles. The summed E-state index contributed by atoms with van der Waals surface area (Å²) in [6.07, 6.45) is 2.48. The van der Waals surface area contributed by atoms with E-state index >= 15 is 0 Å². The molecule has 5 N–H and O–H groups in total. The zero-order chi connectivity index (χ0) is 48.3. The van der Waals surface area contributed by atoms with Crippen molar-refractivity contribution in [2.75, 3.05) is 12.4 Å². The summed E-state index contributed by atoms with van der Waals surface area (Å²) < 4.78 is 78.8. The fraction of sp³-hybridized carbons (Fsp3) is 0.196. The van der Waals surface area contributed by atoms with Crippen molar-refractivity contribution in [3.63, 3.8) is 0 Å². The second-order valence-corrected chi connectivity index (χ2v) is 17.6. The van der Waals surface area contributed by atoms with Crippen LogP contribution in [0.3, 0.4) is 0 Å². The maximum absolute atomic E-state index is 13.7. The lowest BCUT2D eigenvalue weighted by Crippen LogP contribution is -2.34. The lowest BCUT2D eigenvalue weighted by atomic mass is 10.2. The smallest absolute Gasteiger partial charge is 0.322 e. The molecule has 0 bridgehead atoms. The molecule has 0 unspecified atom stereocenters. The Hall–Kier alpha value is -7.23. The maximum atomic E-state index is 13.7. The number of pyridine rings is 2. The maximum Gasteiger partial charge on any atom is 0.322 e. The number of methoxy groups -OCH3 is 1. The molecule has 18 nitrogen and oxygen atoms in total. The van der Waals surface area contributed by atoms with Gasteiger partial charge < -0.3 is 25.3 Å². The highest BCUT2D eigenvalue weighted by atomic mass is 32.2. The van der Waals surface area contributed by atoms with Crippen LogP contribution in [0.2, 0.25) is 0 Å². The molecule has 0 aliphatic heterocycles. The zero-order valence-electron chi connectivity index (χ0n) is 36.6. The van der Waals surface area contributed by atoms with Crippen molar-refractivity contribution in [3.8, 4) is 22.9 Å². The zero-order valence-corrected chi connectivity index (χ0v) is 38.3. The molecule has 0 spiro atoms. The SMILES string of the molecule is COc1ccc2c(Oc3ccc(NC(=O)c4c(C)n(C[C@@H](C)OC(=O)[C@H](C)N)n(-c5ccccc5)c4=O)nc3)ccnc2c1.Cc1ccc(S(=O)(=O)O)cc1.Cc1ccc(S(=O)(=O)O)cc1. The van der Waals surface area contributed by atoms with E-state index in [1.165, 1.54) is 42.1 Å². The van der Waals surface area contributed by atoms with Crippen LogP contribution in [-0.2, 0) is 36.3 Å². The largest absolute Gasteiger partial charge is 0.497 e. The fourth-order valence-electron chi connectivity index (χ4n) is 6.10. The molecule has 66 heavy (non-hydrogen) atoms. The molecule has 4 aromatic carbocycles. The number of nitrogens with one attached hydrogen (secondary N) is 1. The van der Waals surface area contributed by atoms with Gasteiger partial charge in [0.15, 0.2) is 0 Å². The van der Waals surface area contributed by atoms with E-state index in [4.69, 9.17) is 29.0 Å². The van der Waals surface area contributed by atoms with Crippen LogP contribution in [0.1, 0.15) is 41.0 Å². The topological polar surface area (TPSA) is 261 Å². The number of aromatic nitrogens is 4. The van der Waals surface area contributed by atoms with Gasteiger partial charge in [-0.05, 0) is 101 Å². The standard InChI is InChI=1S/C32H32N6O6.2C7H8O3S/c1-19(43-32(41)20(2)33)18-37-21(3)29(31(40)38(37)22-8-6-5-7-9-22)30(39)36-28-13-11-24(17-35-28)44-27-14-15-34-26-16-23(42-4)10-12-25(26)27;2*1-6-2-4-7(5-3-6)11(8,9)10/h5-17,19-20H,18,33H2,1-4H3,(H,35,36,39);2*2-5H,1H3,(H,8,9,10)/t19-,20+;;/m1../s1. The summed E-state index contributed by atoms with van der Waals surface area (Å²) in [4.78, 5) is 47.7. The molecular formula is C46H48N6O12S2. The van der Waals surface area contributed by atoms with Gasteiger partial charge in [-0.3, -0.25) is 33.2 Å². The van der Waals surface area contributed by atoms with Crippen LogP contribution < -0.4 is 26.1 Å². The summed E-state index contributed by atoms with van der Waals surface area (Å²) >= 11 is 0. The van der Waals surface area contributed by atoms with Gasteiger partial charge in [0, 0.05) is 17.6 Å². The Bertz CT molecular complexity index is 3010. The number of anilines is 1. The second-order valence-electron chi connectivity index (χ2n) is 14.7. The molecule has 346 valence electrons. The number of hydrogen-bond acceptors (Lipinski definition) is 13. The van der Waals surface area contributed by atoms with Crippen LogP contribution in [0.4, 0.5) is 5.82 Å². The Kier molecular flexibility index (Phi) is 16.3. The molecule has 0 aliphatic rings. The number of benzene rings is 4. The molecule has 7 rings (SSSR count). The number of hydrogen-bond donors (Lipinski definition) is 4. The number of ether oxygens (including phenoxy) is 3. The highest BCUT2D eigenvalue weighted by Gasteiger charge is 2.26. The third-order valence-corrected chi connectivity index (χ3v) is 11.2. The van der Waals surface area contributed by atoms with Crippen LogP contribution >= 0.6 is 0 Å². The summed E-state index contributed by atoms with van der Waals surface area (Å²) in [6.45, 7) is 8.68. The lowest BCUT2D eigenvalue weighted by molar-refractivity contribution is -0.150. The Balaban J connectivity index is 0.000000301. The average molecular weight is 941 g/mol. The molecule has 1 amide bonds. The summed E-state index contributed by atoms with van der Waals surface area (Å²) in [5.41, 5.74) is 8.60. The van der Waals surface area contributed by atoms with E-state index in [-0.39, 0.29) is 27.7 Å². The van der Waals surface area contributed by atoms with Gasteiger partial charge >= 0.3 is 5.97 Å². The summed E-state index contributed by atoms with van der Waals surface area (Å²) in [5.74, 6) is 0.731. The van der Waals surface area contributed by atoms with Crippen LogP contribution in [0.5, 0.6) is 17.2 Å². The number of nitrogens with two attached hydrogens (primary N) is 1. The quantitative estimate of drug-likeness (QED) is 0.0733. The number of nitrogens with zero attached hydrogens (tertiary/aromatic N) is 4. The second kappa shape index (κ2) is 21.6. The molecule has 0 radical (unpaired) electrons. The summed E-state index contributed by atoms with van der Waals surface area (Å²) in [7, 11) is -6.45. The monoisotopic (exact) mass is 940 g/mol. The van der Waals surface area contributed by atoms with E-state index in [1.54, 1.807) is 98.6 Å². The number of fused-ring (bicyclic) bond motifs is 1. The molecule has 3 heterocycles. The minimum Gasteiger partial charge on any atom is -0.497 e. The molecule has 20 heteroatoms. The van der Waals surface area contributed by atoms with E-state index in [9.17, 15) is 31.2 Å². The van der Waals surface area contributed by atoms with Gasteiger partial charge in [0.2, 0.25) is 0 Å². The number of aryl methyl sites for hydroxylation is 2. The highest BCUT2D eigenvalue weighted by Crippen LogP contribution is 2.31. The van der Waals surface area contributed by atoms with E-state index in [0.717, 1.165) is 16.5 Å². The fourth-order valence-corrected chi connectivity index (χ4v) is 7.06. The van der Waals surface area contributed by atoms with Gasteiger partial charge in [0.05, 0.1) is 46.5 Å². The molecular weight excluding hydrogens is 893 g/mol. The van der Waals surface area contributed by atoms with Crippen molar-refractivity contribution < 1.29 is 49.7 Å². The van der Waals surface area contributed by atoms with Crippen molar-refractivity contribution >= 4 is 48.8 Å². The van der Waals surface area contributed by atoms with Crippen molar-refractivity contribution in [1.82, 2.24) is 19.3 Å². The molecule has 2 atom stereocenters. The van der Waals surface area contributed by atoms with Gasteiger partial charge in [-0.25, -0.2) is 9.67 Å². The van der Waals surface area contributed by atoms with Crippen LogP contribution in [0.25, 0.3) is 16.6 Å². The van der Waals surface area contributed by atoms with E-state index in [2.05, 4.69) is 15.3 Å². The van der Waals surface area contributed by atoms with Gasteiger partial charge in [0.25, 0.3) is 31.7 Å². The number of carbonyl (C=O) groups excluding carboxylic acids is 2. The Morgan fingerprint density at radius 3 is 1.86 bits per heavy atom. The molecule has 0 aliphatic carbocycles. The first kappa shape index (κ1) is 49.8. The minimum atomic E-state index is -4.02. The van der Waals surface area contributed by atoms with Crippen molar-refractivity contribution in [2.24, 2.45) is 5.73 Å². The van der Waals surface area contributed by atoms with Crippen LogP contribution in [-0.4, -0.2) is 76.4 Å². The third kappa shape index (κ3) is 13.2. The normalized spacial score (nSPS) is 12.1. The Morgan fingerprint density at radius 1 is 0.773 bits per heavy atom. The van der Waals surface area contributed by atoms with Crippen molar-refractivity contribution in [2.45, 2.75) is 63.1 Å². The van der Waals surface area contributed by atoms with Gasteiger partial charge in [-0.2, -0.15) is 16.8 Å². The number of esters is 1. The number of carbonyl (C=O) groups is 2. The Morgan fingerprint density at radius 2 is 1.35 bits per heavy atom. The molecule has 0 fully saturated rings. The summed E-state index contributed by atoms with van der Waals surface area (Å²) in [6, 6.07) is 30.6. The molecule has 7 aromatic rings. The van der Waals surface area contributed by atoms with Crippen molar-refractivity contribution in [1.29, 1.82) is 0 Å². The van der Waals surface area contributed by atoms with Crippen LogP contribution in [0, 0.1) is 20.8 Å².